The third-order valence-corrected chi connectivity index (χ3v) is 5.06. The second-order valence-corrected chi connectivity index (χ2v) is 7.28. The Kier molecular flexibility index (Phi) is 5.18. The summed E-state index contributed by atoms with van der Waals surface area (Å²) in [5.41, 5.74) is 2.32. The highest BCUT2D eigenvalue weighted by molar-refractivity contribution is 9.10. The fourth-order valence-corrected chi connectivity index (χ4v) is 3.66. The lowest BCUT2D eigenvalue weighted by Crippen LogP contribution is -2.32. The molecule has 5 nitrogen and oxygen atoms in total. The second-order valence-electron chi connectivity index (χ2n) is 6.37. The number of benzene rings is 3. The first kappa shape index (κ1) is 19.0. The maximum atomic E-state index is 13.4. The molecule has 0 aromatic heterocycles. The van der Waals surface area contributed by atoms with Crippen molar-refractivity contribution in [3.05, 3.63) is 94.6 Å². The van der Waals surface area contributed by atoms with E-state index in [9.17, 15) is 9.59 Å². The molecule has 4 rings (SSSR count). The SMILES string of the molecule is COc1ccccc1N1C(=O)C(Nc2cccc(Br)c2)=C(c2ccccc2)C1=O. The van der Waals surface area contributed by atoms with E-state index in [0.717, 1.165) is 9.37 Å². The summed E-state index contributed by atoms with van der Waals surface area (Å²) in [7, 11) is 1.51. The molecule has 1 heterocycles. The molecule has 0 radical (unpaired) electrons. The third-order valence-electron chi connectivity index (χ3n) is 4.57. The van der Waals surface area contributed by atoms with Gasteiger partial charge in [-0.1, -0.05) is 64.5 Å². The van der Waals surface area contributed by atoms with E-state index in [1.54, 1.807) is 24.3 Å². The molecule has 0 saturated heterocycles. The normalized spacial score (nSPS) is 13.8. The molecule has 2 amide bonds. The highest BCUT2D eigenvalue weighted by Gasteiger charge is 2.41. The van der Waals surface area contributed by atoms with E-state index >= 15 is 0 Å². The van der Waals surface area contributed by atoms with Gasteiger partial charge in [0.2, 0.25) is 0 Å². The van der Waals surface area contributed by atoms with Crippen LogP contribution in [0.1, 0.15) is 5.56 Å². The zero-order valence-electron chi connectivity index (χ0n) is 15.6. The lowest BCUT2D eigenvalue weighted by Gasteiger charge is -2.18. The number of imide groups is 1. The number of nitrogens with one attached hydrogen (secondary N) is 1. The number of para-hydroxylation sites is 2. The summed E-state index contributed by atoms with van der Waals surface area (Å²) in [6.45, 7) is 0. The van der Waals surface area contributed by atoms with Crippen molar-refractivity contribution in [2.75, 3.05) is 17.3 Å². The number of carbonyl (C=O) groups excluding carboxylic acids is 2. The lowest BCUT2D eigenvalue weighted by molar-refractivity contribution is -0.120. The zero-order valence-corrected chi connectivity index (χ0v) is 17.1. The van der Waals surface area contributed by atoms with E-state index in [0.29, 0.717) is 28.3 Å². The van der Waals surface area contributed by atoms with Gasteiger partial charge in [0, 0.05) is 10.2 Å². The average Bonchev–Trinajstić information content (AvgIpc) is 2.98. The fourth-order valence-electron chi connectivity index (χ4n) is 3.26. The molecule has 3 aromatic carbocycles. The van der Waals surface area contributed by atoms with Crippen LogP contribution in [0.15, 0.2) is 89.0 Å². The van der Waals surface area contributed by atoms with Gasteiger partial charge in [-0.25, -0.2) is 4.90 Å². The van der Waals surface area contributed by atoms with Gasteiger partial charge >= 0.3 is 0 Å². The number of hydrogen-bond donors (Lipinski definition) is 1. The molecule has 144 valence electrons. The number of amides is 2. The Morgan fingerprint density at radius 1 is 0.862 bits per heavy atom. The van der Waals surface area contributed by atoms with E-state index < -0.39 is 11.8 Å². The minimum absolute atomic E-state index is 0.227. The van der Waals surface area contributed by atoms with Crippen molar-refractivity contribution in [2.45, 2.75) is 0 Å². The van der Waals surface area contributed by atoms with Gasteiger partial charge < -0.3 is 10.1 Å². The molecule has 0 unspecified atom stereocenters. The Hall–Kier alpha value is -3.38. The average molecular weight is 449 g/mol. The molecule has 0 saturated carbocycles. The second kappa shape index (κ2) is 7.93. The van der Waals surface area contributed by atoms with Gasteiger partial charge in [0.05, 0.1) is 18.4 Å². The zero-order chi connectivity index (χ0) is 20.4. The Balaban J connectivity index is 1.84. The number of halogens is 1. The molecule has 0 aliphatic carbocycles. The maximum absolute atomic E-state index is 13.4. The predicted molar refractivity (Wildman–Crippen MR) is 117 cm³/mol. The molecule has 0 fully saturated rings. The van der Waals surface area contributed by atoms with E-state index in [4.69, 9.17) is 4.74 Å². The number of anilines is 2. The van der Waals surface area contributed by atoms with Gasteiger partial charge in [-0.2, -0.15) is 0 Å². The highest BCUT2D eigenvalue weighted by atomic mass is 79.9. The quantitative estimate of drug-likeness (QED) is 0.566. The molecule has 29 heavy (non-hydrogen) atoms. The standard InChI is InChI=1S/C23H17BrN2O3/c1-29-19-13-6-5-12-18(19)26-22(27)20(15-8-3-2-4-9-15)21(23(26)28)25-17-11-7-10-16(24)14-17/h2-14,25H,1H3. The number of ether oxygens (including phenoxy) is 1. The lowest BCUT2D eigenvalue weighted by atomic mass is 10.0. The van der Waals surface area contributed by atoms with Crippen molar-refractivity contribution in [3.63, 3.8) is 0 Å². The maximum Gasteiger partial charge on any atom is 0.282 e. The summed E-state index contributed by atoms with van der Waals surface area (Å²) in [5.74, 6) is -0.383. The van der Waals surface area contributed by atoms with E-state index in [1.165, 1.54) is 7.11 Å². The fraction of sp³-hybridized carbons (Fsp3) is 0.0435. The number of hydrogen-bond acceptors (Lipinski definition) is 4. The first-order chi connectivity index (χ1) is 14.1. The van der Waals surface area contributed by atoms with E-state index in [2.05, 4.69) is 21.2 Å². The topological polar surface area (TPSA) is 58.6 Å². The summed E-state index contributed by atoms with van der Waals surface area (Å²) in [5, 5.41) is 3.14. The number of nitrogens with zero attached hydrogens (tertiary/aromatic N) is 1. The van der Waals surface area contributed by atoms with Crippen molar-refractivity contribution in [1.29, 1.82) is 0 Å². The number of methoxy groups -OCH3 is 1. The molecule has 0 bridgehead atoms. The van der Waals surface area contributed by atoms with Crippen LogP contribution in [0.4, 0.5) is 11.4 Å². The first-order valence-electron chi connectivity index (χ1n) is 8.94. The summed E-state index contributed by atoms with van der Waals surface area (Å²) in [6.07, 6.45) is 0. The van der Waals surface area contributed by atoms with Gasteiger partial charge in [-0.15, -0.1) is 0 Å². The van der Waals surface area contributed by atoms with Gasteiger partial charge in [0.15, 0.2) is 0 Å². The van der Waals surface area contributed by atoms with Crippen molar-refractivity contribution in [2.24, 2.45) is 0 Å². The first-order valence-corrected chi connectivity index (χ1v) is 9.73. The van der Waals surface area contributed by atoms with Crippen LogP contribution in [0.2, 0.25) is 0 Å². The van der Waals surface area contributed by atoms with Gasteiger partial charge in [0.25, 0.3) is 11.8 Å². The Morgan fingerprint density at radius 2 is 1.59 bits per heavy atom. The monoisotopic (exact) mass is 448 g/mol. The van der Waals surface area contributed by atoms with Crippen molar-refractivity contribution >= 4 is 44.7 Å². The van der Waals surface area contributed by atoms with E-state index in [-0.39, 0.29) is 5.70 Å². The largest absolute Gasteiger partial charge is 0.495 e. The van der Waals surface area contributed by atoms with Crippen LogP contribution in [0.5, 0.6) is 5.75 Å². The molecule has 3 aromatic rings. The molecule has 1 aliphatic heterocycles. The van der Waals surface area contributed by atoms with Crippen molar-refractivity contribution in [3.8, 4) is 5.75 Å². The Bertz CT molecular complexity index is 1130. The van der Waals surface area contributed by atoms with Gasteiger partial charge in [0.1, 0.15) is 11.4 Å². The summed E-state index contributed by atoms with van der Waals surface area (Å²) in [4.78, 5) is 27.9. The molecule has 0 atom stereocenters. The van der Waals surface area contributed by atoms with Crippen molar-refractivity contribution in [1.82, 2.24) is 0 Å². The Labute approximate surface area is 176 Å². The number of rotatable bonds is 5. The molecule has 0 spiro atoms. The van der Waals surface area contributed by atoms with Crippen molar-refractivity contribution < 1.29 is 14.3 Å². The predicted octanol–water partition coefficient (Wildman–Crippen LogP) is 4.85. The smallest absolute Gasteiger partial charge is 0.282 e. The van der Waals surface area contributed by atoms with Gasteiger partial charge in [-0.05, 0) is 35.9 Å². The van der Waals surface area contributed by atoms with Crippen LogP contribution in [0.25, 0.3) is 5.57 Å². The molecule has 1 aliphatic rings. The molecule has 1 N–H and O–H groups in total. The van der Waals surface area contributed by atoms with Crippen LogP contribution < -0.4 is 15.0 Å². The minimum Gasteiger partial charge on any atom is -0.495 e. The molecular weight excluding hydrogens is 432 g/mol. The van der Waals surface area contributed by atoms with Gasteiger partial charge in [-0.3, -0.25) is 9.59 Å². The summed E-state index contributed by atoms with van der Waals surface area (Å²) < 4.78 is 6.24. The third kappa shape index (κ3) is 3.54. The Morgan fingerprint density at radius 3 is 2.31 bits per heavy atom. The van der Waals surface area contributed by atoms with Crippen LogP contribution in [0, 0.1) is 0 Å². The van der Waals surface area contributed by atoms with Crippen LogP contribution in [0.3, 0.4) is 0 Å². The summed E-state index contributed by atoms with van der Waals surface area (Å²) >= 11 is 3.43. The molecule has 6 heteroatoms. The molecular formula is C23H17BrN2O3. The number of carbonyl (C=O) groups is 2. The van der Waals surface area contributed by atoms with E-state index in [1.807, 2.05) is 54.6 Å². The van der Waals surface area contributed by atoms with Crippen LogP contribution >= 0.6 is 15.9 Å². The summed E-state index contributed by atoms with van der Waals surface area (Å²) in [6, 6.07) is 23.6. The minimum atomic E-state index is -0.432. The van der Waals surface area contributed by atoms with Crippen LogP contribution in [-0.2, 0) is 9.59 Å². The van der Waals surface area contributed by atoms with Crippen LogP contribution in [-0.4, -0.2) is 18.9 Å². The highest BCUT2D eigenvalue weighted by Crippen LogP contribution is 2.37.